The number of para-hydroxylation sites is 3. The first-order valence-corrected chi connectivity index (χ1v) is 6.50. The van der Waals surface area contributed by atoms with Gasteiger partial charge in [-0.2, -0.15) is 0 Å². The third-order valence-corrected chi connectivity index (χ3v) is 2.89. The van der Waals surface area contributed by atoms with Crippen molar-refractivity contribution in [3.8, 4) is 11.5 Å². The van der Waals surface area contributed by atoms with Crippen molar-refractivity contribution in [1.29, 1.82) is 0 Å². The fourth-order valence-corrected chi connectivity index (χ4v) is 1.91. The van der Waals surface area contributed by atoms with Crippen LogP contribution in [-0.4, -0.2) is 0 Å². The van der Waals surface area contributed by atoms with E-state index < -0.39 is 0 Å². The van der Waals surface area contributed by atoms with Gasteiger partial charge in [-0.1, -0.05) is 30.3 Å². The van der Waals surface area contributed by atoms with Crippen LogP contribution >= 0.6 is 0 Å². The van der Waals surface area contributed by atoms with E-state index >= 15 is 0 Å². The van der Waals surface area contributed by atoms with Gasteiger partial charge >= 0.3 is 0 Å². The van der Waals surface area contributed by atoms with Crippen molar-refractivity contribution in [2.75, 3.05) is 5.32 Å². The molecule has 3 nitrogen and oxygen atoms in total. The molecular weight excluding hydrogens is 250 g/mol. The molecule has 0 aliphatic rings. The molecule has 0 fully saturated rings. The Morgan fingerprint density at radius 2 is 1.65 bits per heavy atom. The van der Waals surface area contributed by atoms with Crippen LogP contribution < -0.4 is 10.1 Å². The average Bonchev–Trinajstić information content (AvgIpc) is 3.01. The van der Waals surface area contributed by atoms with Gasteiger partial charge in [0.25, 0.3) is 0 Å². The highest BCUT2D eigenvalue weighted by Gasteiger charge is 2.04. The molecule has 0 spiro atoms. The van der Waals surface area contributed by atoms with E-state index in [1.807, 2.05) is 66.7 Å². The number of hydrogen-bond acceptors (Lipinski definition) is 3. The molecule has 0 aliphatic heterocycles. The number of benzene rings is 2. The Balaban J connectivity index is 1.74. The quantitative estimate of drug-likeness (QED) is 0.727. The van der Waals surface area contributed by atoms with Gasteiger partial charge < -0.3 is 14.5 Å². The molecule has 0 aliphatic carbocycles. The third-order valence-electron chi connectivity index (χ3n) is 2.89. The lowest BCUT2D eigenvalue weighted by atomic mass is 10.2. The molecule has 0 atom stereocenters. The van der Waals surface area contributed by atoms with Crippen LogP contribution in [-0.2, 0) is 6.54 Å². The topological polar surface area (TPSA) is 34.4 Å². The third kappa shape index (κ3) is 3.01. The minimum absolute atomic E-state index is 0.627. The molecule has 0 unspecified atom stereocenters. The standard InChI is InChI=1S/C17H15NO2/c1-2-7-14(8-3-1)20-17-11-5-4-10-16(17)18-13-15-9-6-12-19-15/h1-12,18H,13H2. The molecule has 1 N–H and O–H groups in total. The maximum atomic E-state index is 5.89. The molecule has 0 bridgehead atoms. The van der Waals surface area contributed by atoms with Crippen molar-refractivity contribution in [3.05, 3.63) is 78.8 Å². The zero-order valence-electron chi connectivity index (χ0n) is 11.0. The van der Waals surface area contributed by atoms with E-state index in [1.54, 1.807) is 6.26 Å². The van der Waals surface area contributed by atoms with Gasteiger partial charge in [-0.05, 0) is 36.4 Å². The highest BCUT2D eigenvalue weighted by atomic mass is 16.5. The van der Waals surface area contributed by atoms with Crippen LogP contribution in [0.1, 0.15) is 5.76 Å². The minimum atomic E-state index is 0.627. The van der Waals surface area contributed by atoms with Crippen LogP contribution in [0.15, 0.2) is 77.4 Å². The lowest BCUT2D eigenvalue weighted by Gasteiger charge is -2.12. The second-order valence-electron chi connectivity index (χ2n) is 4.34. The second-order valence-corrected chi connectivity index (χ2v) is 4.34. The Kier molecular flexibility index (Phi) is 3.69. The molecule has 100 valence electrons. The summed E-state index contributed by atoms with van der Waals surface area (Å²) in [6.07, 6.45) is 1.67. The fourth-order valence-electron chi connectivity index (χ4n) is 1.91. The summed E-state index contributed by atoms with van der Waals surface area (Å²) in [7, 11) is 0. The molecule has 20 heavy (non-hydrogen) atoms. The van der Waals surface area contributed by atoms with Crippen LogP contribution in [0, 0.1) is 0 Å². The molecule has 0 saturated carbocycles. The van der Waals surface area contributed by atoms with Gasteiger partial charge in [-0.15, -0.1) is 0 Å². The molecule has 0 radical (unpaired) electrons. The summed E-state index contributed by atoms with van der Waals surface area (Å²) in [6, 6.07) is 21.4. The molecule has 3 rings (SSSR count). The van der Waals surface area contributed by atoms with E-state index in [4.69, 9.17) is 9.15 Å². The number of hydrogen-bond donors (Lipinski definition) is 1. The van der Waals surface area contributed by atoms with Gasteiger partial charge in [0, 0.05) is 0 Å². The highest BCUT2D eigenvalue weighted by Crippen LogP contribution is 2.29. The first kappa shape index (κ1) is 12.4. The van der Waals surface area contributed by atoms with Crippen LogP contribution in [0.2, 0.25) is 0 Å². The van der Waals surface area contributed by atoms with E-state index in [2.05, 4.69) is 5.32 Å². The Morgan fingerprint density at radius 3 is 2.45 bits per heavy atom. The molecule has 3 heteroatoms. The summed E-state index contributed by atoms with van der Waals surface area (Å²) in [6.45, 7) is 0.627. The first-order chi connectivity index (χ1) is 9.92. The summed E-state index contributed by atoms with van der Waals surface area (Å²) < 4.78 is 11.2. The van der Waals surface area contributed by atoms with Crippen LogP contribution in [0.25, 0.3) is 0 Å². The Morgan fingerprint density at radius 1 is 0.850 bits per heavy atom. The average molecular weight is 265 g/mol. The second kappa shape index (κ2) is 5.97. The summed E-state index contributed by atoms with van der Waals surface area (Å²) in [5, 5.41) is 3.32. The zero-order valence-corrected chi connectivity index (χ0v) is 11.0. The van der Waals surface area contributed by atoms with Gasteiger partial charge in [-0.25, -0.2) is 0 Å². The normalized spacial score (nSPS) is 10.2. The molecule has 1 aromatic heterocycles. The van der Waals surface area contributed by atoms with Gasteiger partial charge in [0.1, 0.15) is 11.5 Å². The zero-order chi connectivity index (χ0) is 13.6. The summed E-state index contributed by atoms with van der Waals surface area (Å²) >= 11 is 0. The van der Waals surface area contributed by atoms with Crippen LogP contribution in [0.3, 0.4) is 0 Å². The first-order valence-electron chi connectivity index (χ1n) is 6.50. The Hall–Kier alpha value is -2.68. The van der Waals surface area contributed by atoms with Crippen molar-refractivity contribution in [2.24, 2.45) is 0 Å². The Labute approximate surface area is 117 Å². The summed E-state index contributed by atoms with van der Waals surface area (Å²) in [5.41, 5.74) is 0.938. The Bertz CT molecular complexity index is 648. The van der Waals surface area contributed by atoms with E-state index in [-0.39, 0.29) is 0 Å². The SMILES string of the molecule is c1ccc(Oc2ccccc2NCc2ccco2)cc1. The number of rotatable bonds is 5. The minimum Gasteiger partial charge on any atom is -0.467 e. The lowest BCUT2D eigenvalue weighted by Crippen LogP contribution is -1.99. The smallest absolute Gasteiger partial charge is 0.150 e. The van der Waals surface area contributed by atoms with Crippen molar-refractivity contribution >= 4 is 5.69 Å². The number of ether oxygens (including phenoxy) is 1. The number of furan rings is 1. The summed E-state index contributed by atoms with van der Waals surface area (Å²) in [5.74, 6) is 2.50. The molecule has 3 aromatic rings. The molecular formula is C17H15NO2. The predicted molar refractivity (Wildman–Crippen MR) is 79.0 cm³/mol. The maximum absolute atomic E-state index is 5.89. The van der Waals surface area contributed by atoms with Crippen molar-refractivity contribution in [2.45, 2.75) is 6.54 Å². The van der Waals surface area contributed by atoms with Crippen molar-refractivity contribution in [1.82, 2.24) is 0 Å². The molecule has 0 saturated heterocycles. The number of nitrogens with one attached hydrogen (secondary N) is 1. The number of anilines is 1. The van der Waals surface area contributed by atoms with Gasteiger partial charge in [0.15, 0.2) is 5.75 Å². The van der Waals surface area contributed by atoms with E-state index in [1.165, 1.54) is 0 Å². The highest BCUT2D eigenvalue weighted by molar-refractivity contribution is 5.57. The van der Waals surface area contributed by atoms with Crippen LogP contribution in [0.5, 0.6) is 11.5 Å². The van der Waals surface area contributed by atoms with E-state index in [0.29, 0.717) is 6.54 Å². The maximum Gasteiger partial charge on any atom is 0.150 e. The van der Waals surface area contributed by atoms with Gasteiger partial charge in [-0.3, -0.25) is 0 Å². The molecule has 1 heterocycles. The molecule has 2 aromatic carbocycles. The largest absolute Gasteiger partial charge is 0.467 e. The monoisotopic (exact) mass is 265 g/mol. The predicted octanol–water partition coefficient (Wildman–Crippen LogP) is 4.68. The van der Waals surface area contributed by atoms with E-state index in [0.717, 1.165) is 22.9 Å². The van der Waals surface area contributed by atoms with Crippen molar-refractivity contribution in [3.63, 3.8) is 0 Å². The van der Waals surface area contributed by atoms with E-state index in [9.17, 15) is 0 Å². The fraction of sp³-hybridized carbons (Fsp3) is 0.0588. The van der Waals surface area contributed by atoms with Crippen molar-refractivity contribution < 1.29 is 9.15 Å². The molecule has 0 amide bonds. The lowest BCUT2D eigenvalue weighted by molar-refractivity contribution is 0.483. The van der Waals surface area contributed by atoms with Gasteiger partial charge in [0.05, 0.1) is 18.5 Å². The summed E-state index contributed by atoms with van der Waals surface area (Å²) in [4.78, 5) is 0. The van der Waals surface area contributed by atoms with Crippen LogP contribution in [0.4, 0.5) is 5.69 Å². The van der Waals surface area contributed by atoms with Gasteiger partial charge in [0.2, 0.25) is 0 Å².